The summed E-state index contributed by atoms with van der Waals surface area (Å²) in [5.41, 5.74) is 1.14. The number of rotatable bonds is 2. The van der Waals surface area contributed by atoms with Crippen LogP contribution in [0.2, 0.25) is 0 Å². The molecule has 0 aromatic heterocycles. The molecular weight excluding hydrogens is 168 g/mol. The summed E-state index contributed by atoms with van der Waals surface area (Å²) in [5.74, 6) is 0. The van der Waals surface area contributed by atoms with Crippen LogP contribution >= 0.6 is 0 Å². The Morgan fingerprint density at radius 1 is 1.54 bits per heavy atom. The van der Waals surface area contributed by atoms with Crippen molar-refractivity contribution in [1.29, 1.82) is 5.26 Å². The van der Waals surface area contributed by atoms with Crippen LogP contribution in [0.4, 0.5) is 0 Å². The van der Waals surface area contributed by atoms with E-state index in [0.717, 1.165) is 6.20 Å². The number of nitrogens with zero attached hydrogens (tertiary/aromatic N) is 2. The van der Waals surface area contributed by atoms with E-state index in [1.54, 1.807) is 24.3 Å². The summed E-state index contributed by atoms with van der Waals surface area (Å²) in [4.78, 5) is 9.44. The third-order valence-corrected chi connectivity index (χ3v) is 1.40. The van der Waals surface area contributed by atoms with E-state index in [1.165, 1.54) is 6.08 Å². The molecule has 0 fully saturated rings. The molecule has 0 saturated carbocycles. The number of hydrogen-bond acceptors (Lipinski definition) is 3. The minimum atomic E-state index is -0.543. The Morgan fingerprint density at radius 3 is 2.92 bits per heavy atom. The molecule has 0 saturated heterocycles. The molecule has 0 spiro atoms. The van der Waals surface area contributed by atoms with Crippen LogP contribution in [-0.2, 0) is 0 Å². The van der Waals surface area contributed by atoms with Gasteiger partial charge in [0.15, 0.2) is 0 Å². The smallest absolute Gasteiger partial charge is 0.235 e. The van der Waals surface area contributed by atoms with Crippen molar-refractivity contribution in [3.8, 4) is 6.07 Å². The van der Waals surface area contributed by atoms with E-state index < -0.39 is 4.92 Å². The average Bonchev–Trinajstić information content (AvgIpc) is 2.15. The fourth-order valence-corrected chi connectivity index (χ4v) is 0.859. The van der Waals surface area contributed by atoms with Crippen LogP contribution in [0.3, 0.4) is 0 Å². The van der Waals surface area contributed by atoms with E-state index in [1.807, 2.05) is 6.07 Å². The zero-order valence-electron chi connectivity index (χ0n) is 6.68. The van der Waals surface area contributed by atoms with Gasteiger partial charge in [-0.2, -0.15) is 5.26 Å². The molecule has 0 bridgehead atoms. The lowest BCUT2D eigenvalue weighted by Gasteiger charge is -1.90. The molecule has 0 heterocycles. The first-order valence-electron chi connectivity index (χ1n) is 3.54. The molecule has 0 aliphatic rings. The number of benzene rings is 1. The molecule has 0 atom stereocenters. The molecule has 0 unspecified atom stereocenters. The zero-order chi connectivity index (χ0) is 9.68. The van der Waals surface area contributed by atoms with Crippen LogP contribution < -0.4 is 0 Å². The van der Waals surface area contributed by atoms with Crippen molar-refractivity contribution >= 4 is 6.08 Å². The van der Waals surface area contributed by atoms with Crippen molar-refractivity contribution in [2.75, 3.05) is 0 Å². The minimum absolute atomic E-state index is 0.491. The van der Waals surface area contributed by atoms with Gasteiger partial charge in [-0.05, 0) is 17.7 Å². The van der Waals surface area contributed by atoms with Crippen LogP contribution in [-0.4, -0.2) is 4.92 Å². The van der Waals surface area contributed by atoms with Crippen molar-refractivity contribution in [2.45, 2.75) is 0 Å². The number of nitro groups is 1. The van der Waals surface area contributed by atoms with Gasteiger partial charge in [0, 0.05) is 6.08 Å². The molecule has 4 nitrogen and oxygen atoms in total. The first kappa shape index (κ1) is 8.94. The predicted molar refractivity (Wildman–Crippen MR) is 47.2 cm³/mol. The van der Waals surface area contributed by atoms with E-state index >= 15 is 0 Å². The van der Waals surface area contributed by atoms with Gasteiger partial charge in [-0.1, -0.05) is 12.1 Å². The van der Waals surface area contributed by atoms with Gasteiger partial charge in [-0.3, -0.25) is 10.1 Å². The summed E-state index contributed by atoms with van der Waals surface area (Å²) in [6.45, 7) is 0. The molecule has 0 aliphatic carbocycles. The van der Waals surface area contributed by atoms with Gasteiger partial charge in [0.2, 0.25) is 6.20 Å². The maximum atomic E-state index is 9.98. The molecule has 64 valence electrons. The second kappa shape index (κ2) is 4.02. The Morgan fingerprint density at radius 2 is 2.31 bits per heavy atom. The fraction of sp³-hybridized carbons (Fsp3) is 0. The molecule has 1 aromatic carbocycles. The molecule has 0 amide bonds. The summed E-state index contributed by atoms with van der Waals surface area (Å²) in [7, 11) is 0. The molecule has 0 radical (unpaired) electrons. The van der Waals surface area contributed by atoms with Gasteiger partial charge in [0.25, 0.3) is 0 Å². The maximum absolute atomic E-state index is 9.98. The van der Waals surface area contributed by atoms with Gasteiger partial charge >= 0.3 is 0 Å². The Balaban J connectivity index is 2.91. The first-order valence-corrected chi connectivity index (χ1v) is 3.54. The second-order valence-electron chi connectivity index (χ2n) is 2.34. The van der Waals surface area contributed by atoms with E-state index in [0.29, 0.717) is 11.1 Å². The highest BCUT2D eigenvalue weighted by atomic mass is 16.6. The second-order valence-corrected chi connectivity index (χ2v) is 2.34. The summed E-state index contributed by atoms with van der Waals surface area (Å²) >= 11 is 0. The number of nitriles is 1. The van der Waals surface area contributed by atoms with Gasteiger partial charge < -0.3 is 0 Å². The maximum Gasteiger partial charge on any atom is 0.235 e. The highest BCUT2D eigenvalue weighted by molar-refractivity contribution is 5.51. The molecule has 1 rings (SSSR count). The van der Waals surface area contributed by atoms with Gasteiger partial charge in [0.1, 0.15) is 0 Å². The Kier molecular flexibility index (Phi) is 2.77. The molecule has 1 aromatic rings. The lowest BCUT2D eigenvalue weighted by molar-refractivity contribution is -0.400. The average molecular weight is 174 g/mol. The van der Waals surface area contributed by atoms with Crippen molar-refractivity contribution < 1.29 is 4.92 Å². The normalized spacial score (nSPS) is 9.77. The van der Waals surface area contributed by atoms with E-state index in [2.05, 4.69) is 0 Å². The van der Waals surface area contributed by atoms with Crippen LogP contribution in [0.5, 0.6) is 0 Å². The molecular formula is C9H6N2O2. The number of hydrogen-bond donors (Lipinski definition) is 0. The van der Waals surface area contributed by atoms with Crippen molar-refractivity contribution in [2.24, 2.45) is 0 Å². The Hall–Kier alpha value is -2.15. The SMILES string of the molecule is N#Cc1cccc(C=C[N+](=O)[O-])c1. The lowest BCUT2D eigenvalue weighted by Crippen LogP contribution is -1.82. The van der Waals surface area contributed by atoms with E-state index in [-0.39, 0.29) is 0 Å². The van der Waals surface area contributed by atoms with Crippen molar-refractivity contribution in [3.05, 3.63) is 51.7 Å². The predicted octanol–water partition coefficient (Wildman–Crippen LogP) is 1.81. The molecule has 13 heavy (non-hydrogen) atoms. The minimum Gasteiger partial charge on any atom is -0.259 e. The highest BCUT2D eigenvalue weighted by Crippen LogP contribution is 2.05. The molecule has 4 heteroatoms. The van der Waals surface area contributed by atoms with Gasteiger partial charge in [-0.15, -0.1) is 0 Å². The monoisotopic (exact) mass is 174 g/mol. The summed E-state index contributed by atoms with van der Waals surface area (Å²) in [5, 5.41) is 18.5. The molecule has 0 N–H and O–H groups in total. The highest BCUT2D eigenvalue weighted by Gasteiger charge is 1.92. The first-order chi connectivity index (χ1) is 6.22. The van der Waals surface area contributed by atoms with Gasteiger partial charge in [0.05, 0.1) is 16.6 Å². The third-order valence-electron chi connectivity index (χ3n) is 1.40. The van der Waals surface area contributed by atoms with Crippen LogP contribution in [0.25, 0.3) is 6.08 Å². The van der Waals surface area contributed by atoms with Crippen molar-refractivity contribution in [3.63, 3.8) is 0 Å². The molecule has 0 aliphatic heterocycles. The Labute approximate surface area is 74.9 Å². The van der Waals surface area contributed by atoms with Crippen LogP contribution in [0, 0.1) is 21.4 Å². The standard InChI is InChI=1S/C9H6N2O2/c10-7-9-3-1-2-8(6-9)4-5-11(12)13/h1-6H. The third kappa shape index (κ3) is 2.75. The fourth-order valence-electron chi connectivity index (χ4n) is 0.859. The van der Waals surface area contributed by atoms with Gasteiger partial charge in [-0.25, -0.2) is 0 Å². The van der Waals surface area contributed by atoms with E-state index in [4.69, 9.17) is 5.26 Å². The largest absolute Gasteiger partial charge is 0.259 e. The topological polar surface area (TPSA) is 66.9 Å². The van der Waals surface area contributed by atoms with Crippen molar-refractivity contribution in [1.82, 2.24) is 0 Å². The quantitative estimate of drug-likeness (QED) is 0.507. The summed E-state index contributed by atoms with van der Waals surface area (Å²) < 4.78 is 0. The summed E-state index contributed by atoms with van der Waals surface area (Å²) in [6.07, 6.45) is 2.19. The zero-order valence-corrected chi connectivity index (χ0v) is 6.68. The van der Waals surface area contributed by atoms with Crippen LogP contribution in [0.15, 0.2) is 30.5 Å². The van der Waals surface area contributed by atoms with Crippen LogP contribution in [0.1, 0.15) is 11.1 Å². The lowest BCUT2D eigenvalue weighted by atomic mass is 10.1. The Bertz CT molecular complexity index is 391. The van der Waals surface area contributed by atoms with E-state index in [9.17, 15) is 10.1 Å². The summed E-state index contributed by atoms with van der Waals surface area (Å²) in [6, 6.07) is 8.55.